The molecule has 2 aromatic heterocycles. The Morgan fingerprint density at radius 1 is 1.10 bits per heavy atom. The molecule has 1 aliphatic rings. The van der Waals surface area contributed by atoms with E-state index >= 15 is 0 Å². The fourth-order valence-electron chi connectivity index (χ4n) is 3.72. The van der Waals surface area contributed by atoms with E-state index in [4.69, 9.17) is 4.74 Å². The van der Waals surface area contributed by atoms with E-state index in [2.05, 4.69) is 10.3 Å². The Labute approximate surface area is 169 Å². The molecule has 0 saturated carbocycles. The highest BCUT2D eigenvalue weighted by Crippen LogP contribution is 2.19. The molecule has 2 amide bonds. The zero-order valence-electron chi connectivity index (χ0n) is 16.4. The van der Waals surface area contributed by atoms with Crippen LogP contribution in [0.15, 0.2) is 48.7 Å². The van der Waals surface area contributed by atoms with Gasteiger partial charge in [0.1, 0.15) is 5.75 Å². The number of benzene rings is 1. The van der Waals surface area contributed by atoms with Crippen LogP contribution >= 0.6 is 0 Å². The molecule has 1 fully saturated rings. The molecule has 0 bridgehead atoms. The van der Waals surface area contributed by atoms with Crippen LogP contribution in [0, 0.1) is 0 Å². The summed E-state index contributed by atoms with van der Waals surface area (Å²) in [6.45, 7) is 1.92. The maximum Gasteiger partial charge on any atom is 0.287 e. The van der Waals surface area contributed by atoms with Crippen LogP contribution in [-0.4, -0.2) is 52.8 Å². The predicted octanol–water partition coefficient (Wildman–Crippen LogP) is 2.55. The summed E-state index contributed by atoms with van der Waals surface area (Å²) < 4.78 is 7.03. The first-order chi connectivity index (χ1) is 14.2. The van der Waals surface area contributed by atoms with Crippen molar-refractivity contribution in [2.24, 2.45) is 0 Å². The van der Waals surface area contributed by atoms with Crippen molar-refractivity contribution in [2.45, 2.75) is 19.3 Å². The number of hydrogen-bond acceptors (Lipinski definition) is 4. The molecule has 1 saturated heterocycles. The number of nitrogens with zero attached hydrogens (tertiary/aromatic N) is 3. The first-order valence-electron chi connectivity index (χ1n) is 9.85. The van der Waals surface area contributed by atoms with Crippen molar-refractivity contribution in [2.75, 3.05) is 26.7 Å². The highest BCUT2D eigenvalue weighted by molar-refractivity contribution is 6.02. The minimum atomic E-state index is -0.304. The second-order valence-corrected chi connectivity index (χ2v) is 7.06. The first kappa shape index (κ1) is 19.0. The number of nitrogens with one attached hydrogen (secondary N) is 1. The summed E-state index contributed by atoms with van der Waals surface area (Å²) in [6, 6.07) is 13.2. The summed E-state index contributed by atoms with van der Waals surface area (Å²) in [5.41, 5.74) is 2.01. The number of aromatic nitrogens is 2. The van der Waals surface area contributed by atoms with E-state index in [1.807, 2.05) is 42.5 Å². The number of carbonyl (C=O) groups is 2. The third-order valence-corrected chi connectivity index (χ3v) is 5.22. The normalized spacial score (nSPS) is 13.6. The molecule has 0 aliphatic carbocycles. The Bertz CT molecular complexity index is 1040. The molecule has 0 spiro atoms. The highest BCUT2D eigenvalue weighted by Gasteiger charge is 2.26. The molecular formula is C22H24N4O3. The van der Waals surface area contributed by atoms with E-state index in [0.29, 0.717) is 24.2 Å². The number of hydrogen-bond donors (Lipinski definition) is 1. The van der Waals surface area contributed by atoms with Gasteiger partial charge in [-0.25, -0.2) is 4.98 Å². The average Bonchev–Trinajstić information content (AvgIpc) is 3.42. The summed E-state index contributed by atoms with van der Waals surface area (Å²) in [7, 11) is 1.63. The fraction of sp³-hybridized carbons (Fsp3) is 0.318. The van der Waals surface area contributed by atoms with Gasteiger partial charge in [-0.2, -0.15) is 0 Å². The lowest BCUT2D eigenvalue weighted by Gasteiger charge is -2.13. The smallest absolute Gasteiger partial charge is 0.287 e. The van der Waals surface area contributed by atoms with Crippen LogP contribution in [0.5, 0.6) is 5.75 Å². The molecule has 0 unspecified atom stereocenters. The van der Waals surface area contributed by atoms with Gasteiger partial charge in [0.2, 0.25) is 5.82 Å². The largest absolute Gasteiger partial charge is 0.496 e. The summed E-state index contributed by atoms with van der Waals surface area (Å²) >= 11 is 0. The maximum atomic E-state index is 12.9. The second kappa shape index (κ2) is 8.34. The average molecular weight is 392 g/mol. The molecule has 150 valence electrons. The van der Waals surface area contributed by atoms with Crippen LogP contribution in [0.4, 0.5) is 0 Å². The number of amides is 2. The van der Waals surface area contributed by atoms with Gasteiger partial charge >= 0.3 is 0 Å². The van der Waals surface area contributed by atoms with E-state index in [0.717, 1.165) is 37.2 Å². The monoisotopic (exact) mass is 392 g/mol. The Kier molecular flexibility index (Phi) is 5.46. The lowest BCUT2D eigenvalue weighted by molar-refractivity contribution is 0.0789. The molecule has 1 aliphatic heterocycles. The van der Waals surface area contributed by atoms with Crippen molar-refractivity contribution >= 4 is 17.3 Å². The van der Waals surface area contributed by atoms with Gasteiger partial charge in [-0.15, -0.1) is 0 Å². The summed E-state index contributed by atoms with van der Waals surface area (Å²) in [5.74, 6) is 0.607. The molecule has 0 radical (unpaired) electrons. The zero-order valence-corrected chi connectivity index (χ0v) is 16.4. The van der Waals surface area contributed by atoms with E-state index in [1.165, 1.54) is 0 Å². The SMILES string of the molecule is COc1ccccc1CCNC(=O)c1nc(C(=O)N2CCCC2)c2ccccn12. The van der Waals surface area contributed by atoms with Crippen molar-refractivity contribution in [3.63, 3.8) is 0 Å². The van der Waals surface area contributed by atoms with Gasteiger partial charge in [-0.05, 0) is 43.0 Å². The van der Waals surface area contributed by atoms with Gasteiger partial charge in [0, 0.05) is 25.8 Å². The third kappa shape index (κ3) is 3.81. The number of methoxy groups -OCH3 is 1. The van der Waals surface area contributed by atoms with E-state index in [-0.39, 0.29) is 17.6 Å². The summed E-state index contributed by atoms with van der Waals surface area (Å²) in [5, 5.41) is 2.91. The topological polar surface area (TPSA) is 75.9 Å². The lowest BCUT2D eigenvalue weighted by atomic mass is 10.1. The summed E-state index contributed by atoms with van der Waals surface area (Å²) in [6.07, 6.45) is 4.42. The Morgan fingerprint density at radius 2 is 1.86 bits per heavy atom. The predicted molar refractivity (Wildman–Crippen MR) is 109 cm³/mol. The number of fused-ring (bicyclic) bond motifs is 1. The molecule has 7 heteroatoms. The first-order valence-corrected chi connectivity index (χ1v) is 9.85. The Hall–Kier alpha value is -3.35. The third-order valence-electron chi connectivity index (χ3n) is 5.22. The van der Waals surface area contributed by atoms with Crippen LogP contribution in [-0.2, 0) is 6.42 Å². The van der Waals surface area contributed by atoms with Crippen LogP contribution in [0.25, 0.3) is 5.52 Å². The van der Waals surface area contributed by atoms with Gasteiger partial charge in [0.05, 0.1) is 12.6 Å². The van der Waals surface area contributed by atoms with Crippen LogP contribution < -0.4 is 10.1 Å². The number of ether oxygens (including phenoxy) is 1. The molecule has 29 heavy (non-hydrogen) atoms. The number of rotatable bonds is 6. The maximum absolute atomic E-state index is 12.9. The van der Waals surface area contributed by atoms with Crippen LogP contribution in [0.1, 0.15) is 39.5 Å². The second-order valence-electron chi connectivity index (χ2n) is 7.06. The molecule has 0 atom stereocenters. The molecule has 3 heterocycles. The minimum absolute atomic E-state index is 0.112. The van der Waals surface area contributed by atoms with Gasteiger partial charge in [0.15, 0.2) is 5.69 Å². The molecule has 3 aromatic rings. The summed E-state index contributed by atoms with van der Waals surface area (Å²) in [4.78, 5) is 31.9. The van der Waals surface area contributed by atoms with Crippen molar-refractivity contribution < 1.29 is 14.3 Å². The van der Waals surface area contributed by atoms with Gasteiger partial charge in [0.25, 0.3) is 11.8 Å². The standard InChI is InChI=1S/C22H24N4O3/c1-29-18-10-3-2-8-16(18)11-12-23-21(27)20-24-19(17-9-4-5-15-26(17)20)22(28)25-13-6-7-14-25/h2-5,8-10,15H,6-7,11-14H2,1H3,(H,23,27). The van der Waals surface area contributed by atoms with E-state index < -0.39 is 0 Å². The molecular weight excluding hydrogens is 368 g/mol. The van der Waals surface area contributed by atoms with Crippen LogP contribution in [0.3, 0.4) is 0 Å². The molecule has 7 nitrogen and oxygen atoms in total. The van der Waals surface area contributed by atoms with Crippen molar-refractivity contribution in [1.29, 1.82) is 0 Å². The Morgan fingerprint density at radius 3 is 2.66 bits per heavy atom. The van der Waals surface area contributed by atoms with Gasteiger partial charge < -0.3 is 15.0 Å². The number of carbonyl (C=O) groups excluding carboxylic acids is 2. The van der Waals surface area contributed by atoms with Crippen molar-refractivity contribution in [3.8, 4) is 5.75 Å². The number of para-hydroxylation sites is 1. The Balaban J connectivity index is 1.52. The number of likely N-dealkylation sites (tertiary alicyclic amines) is 1. The van der Waals surface area contributed by atoms with E-state index in [9.17, 15) is 9.59 Å². The number of imidazole rings is 1. The highest BCUT2D eigenvalue weighted by atomic mass is 16.5. The minimum Gasteiger partial charge on any atom is -0.496 e. The number of pyridine rings is 1. The van der Waals surface area contributed by atoms with Crippen molar-refractivity contribution in [3.05, 3.63) is 65.7 Å². The quantitative estimate of drug-likeness (QED) is 0.700. The van der Waals surface area contributed by atoms with Crippen LogP contribution in [0.2, 0.25) is 0 Å². The molecule has 1 aromatic carbocycles. The van der Waals surface area contributed by atoms with Crippen molar-refractivity contribution in [1.82, 2.24) is 19.6 Å². The molecule has 1 N–H and O–H groups in total. The molecule has 4 rings (SSSR count). The van der Waals surface area contributed by atoms with E-state index in [1.54, 1.807) is 22.6 Å². The zero-order chi connectivity index (χ0) is 20.2. The lowest BCUT2D eigenvalue weighted by Crippen LogP contribution is -2.29. The van der Waals surface area contributed by atoms with Gasteiger partial charge in [-0.3, -0.25) is 14.0 Å². The fourth-order valence-corrected chi connectivity index (χ4v) is 3.72. The van der Waals surface area contributed by atoms with Gasteiger partial charge in [-0.1, -0.05) is 24.3 Å².